The minimum absolute atomic E-state index is 0.112. The third kappa shape index (κ3) is 5.81. The summed E-state index contributed by atoms with van der Waals surface area (Å²) in [6.07, 6.45) is 1.48. The second kappa shape index (κ2) is 10.7. The van der Waals surface area contributed by atoms with Crippen molar-refractivity contribution < 1.29 is 19.1 Å². The summed E-state index contributed by atoms with van der Waals surface area (Å²) < 4.78 is 13.1. The molecular weight excluding hydrogens is 421 g/mol. The van der Waals surface area contributed by atoms with Gasteiger partial charge in [0.15, 0.2) is 0 Å². The molecule has 0 aromatic heterocycles. The molecule has 0 radical (unpaired) electrons. The van der Waals surface area contributed by atoms with E-state index in [0.29, 0.717) is 11.6 Å². The summed E-state index contributed by atoms with van der Waals surface area (Å²) in [4.78, 5) is 24.9. The Bertz CT molecular complexity index is 901. The van der Waals surface area contributed by atoms with Crippen LogP contribution in [0.3, 0.4) is 0 Å². The van der Waals surface area contributed by atoms with Crippen molar-refractivity contribution in [3.8, 4) is 11.1 Å². The molecule has 1 aliphatic heterocycles. The maximum Gasteiger partial charge on any atom is 0.422 e. The number of hydrazine groups is 1. The van der Waals surface area contributed by atoms with Gasteiger partial charge in [-0.1, -0.05) is 35.9 Å². The predicted molar refractivity (Wildman–Crippen MR) is 118 cm³/mol. The van der Waals surface area contributed by atoms with E-state index < -0.39 is 6.09 Å². The first-order valence-electron chi connectivity index (χ1n) is 10.3. The van der Waals surface area contributed by atoms with E-state index in [4.69, 9.17) is 11.6 Å². The molecule has 1 atom stereocenters. The first-order chi connectivity index (χ1) is 14.9. The van der Waals surface area contributed by atoms with Gasteiger partial charge in [0.2, 0.25) is 0 Å². The zero-order chi connectivity index (χ0) is 22.4. The minimum atomic E-state index is -1.08. The van der Waals surface area contributed by atoms with E-state index in [0.717, 1.165) is 53.9 Å². The van der Waals surface area contributed by atoms with E-state index in [1.807, 2.05) is 18.2 Å². The number of hydrogen-bond acceptors (Lipinski definition) is 4. The third-order valence-corrected chi connectivity index (χ3v) is 6.27. The Morgan fingerprint density at radius 1 is 1.26 bits per heavy atom. The molecule has 3 rings (SSSR count). The first kappa shape index (κ1) is 23.2. The second-order valence-corrected chi connectivity index (χ2v) is 8.18. The zero-order valence-corrected chi connectivity index (χ0v) is 18.2. The lowest BCUT2D eigenvalue weighted by atomic mass is 9.87. The number of benzene rings is 2. The van der Waals surface area contributed by atoms with E-state index >= 15 is 0 Å². The summed E-state index contributed by atoms with van der Waals surface area (Å²) in [5.74, 6) is -0.159. The Kier molecular flexibility index (Phi) is 8.01. The second-order valence-electron chi connectivity index (χ2n) is 7.77. The maximum atomic E-state index is 13.1. The summed E-state index contributed by atoms with van der Waals surface area (Å²) in [5, 5.41) is 11.2. The fourth-order valence-corrected chi connectivity index (χ4v) is 4.49. The number of likely N-dealkylation sites (tertiary alicyclic amines) is 1. The van der Waals surface area contributed by atoms with Crippen LogP contribution in [0, 0.1) is 11.7 Å². The third-order valence-electron chi connectivity index (χ3n) is 5.92. The number of aldehydes is 1. The van der Waals surface area contributed by atoms with Crippen molar-refractivity contribution in [1.29, 1.82) is 0 Å². The molecule has 1 heterocycles. The molecule has 1 unspecified atom stereocenters. The van der Waals surface area contributed by atoms with Gasteiger partial charge in [0.25, 0.3) is 0 Å². The van der Waals surface area contributed by atoms with Crippen LogP contribution in [0.4, 0.5) is 9.18 Å². The lowest BCUT2D eigenvalue weighted by Gasteiger charge is -2.39. The highest BCUT2D eigenvalue weighted by atomic mass is 35.5. The number of nitrogens with zero attached hydrogens (tertiary/aromatic N) is 2. The van der Waals surface area contributed by atoms with Gasteiger partial charge in [0.1, 0.15) is 12.1 Å². The Hall–Kier alpha value is -2.48. The molecule has 6 nitrogen and oxygen atoms in total. The van der Waals surface area contributed by atoms with Crippen molar-refractivity contribution in [1.82, 2.24) is 15.3 Å². The summed E-state index contributed by atoms with van der Waals surface area (Å²) in [7, 11) is 1.55. The molecule has 1 fully saturated rings. The summed E-state index contributed by atoms with van der Waals surface area (Å²) in [6.45, 7) is 2.29. The average molecular weight is 448 g/mol. The molecule has 1 aliphatic rings. The molecular formula is C23H27ClFN3O3. The van der Waals surface area contributed by atoms with E-state index in [9.17, 15) is 19.1 Å². The van der Waals surface area contributed by atoms with E-state index in [1.165, 1.54) is 12.1 Å². The van der Waals surface area contributed by atoms with Crippen LogP contribution in [-0.2, 0) is 11.3 Å². The van der Waals surface area contributed by atoms with Gasteiger partial charge < -0.3 is 9.90 Å². The molecule has 8 heteroatoms. The molecule has 31 heavy (non-hydrogen) atoms. The average Bonchev–Trinajstić information content (AvgIpc) is 2.76. The molecule has 0 bridgehead atoms. The predicted octanol–water partition coefficient (Wildman–Crippen LogP) is 4.43. The topological polar surface area (TPSA) is 72.9 Å². The van der Waals surface area contributed by atoms with Crippen LogP contribution in [0.25, 0.3) is 11.1 Å². The van der Waals surface area contributed by atoms with Crippen LogP contribution >= 0.6 is 11.6 Å². The number of carbonyl (C=O) groups excluding carboxylic acids is 1. The van der Waals surface area contributed by atoms with Crippen molar-refractivity contribution >= 4 is 24.0 Å². The maximum absolute atomic E-state index is 13.1. The van der Waals surface area contributed by atoms with Gasteiger partial charge in [-0.15, -0.1) is 0 Å². The van der Waals surface area contributed by atoms with Gasteiger partial charge in [-0.3, -0.25) is 4.90 Å². The largest absolute Gasteiger partial charge is 0.464 e. The molecule has 0 saturated carbocycles. The first-order valence-corrected chi connectivity index (χ1v) is 10.7. The molecule has 166 valence electrons. The Morgan fingerprint density at radius 3 is 2.45 bits per heavy atom. The Labute approximate surface area is 186 Å². The van der Waals surface area contributed by atoms with E-state index in [-0.39, 0.29) is 24.2 Å². The van der Waals surface area contributed by atoms with Gasteiger partial charge in [-0.2, -0.15) is 0 Å². The molecule has 0 aliphatic carbocycles. The number of piperidine rings is 1. The number of rotatable bonds is 8. The number of hydrogen-bond donors (Lipinski definition) is 2. The highest BCUT2D eigenvalue weighted by Crippen LogP contribution is 2.29. The lowest BCUT2D eigenvalue weighted by Crippen LogP contribution is -2.52. The zero-order valence-electron chi connectivity index (χ0n) is 17.4. The fourth-order valence-electron chi connectivity index (χ4n) is 4.24. The van der Waals surface area contributed by atoms with Crippen LogP contribution in [0.1, 0.15) is 24.8 Å². The summed E-state index contributed by atoms with van der Waals surface area (Å²) in [6, 6.07) is 11.8. The van der Waals surface area contributed by atoms with Crippen molar-refractivity contribution in [2.45, 2.75) is 31.8 Å². The number of halogens is 2. The van der Waals surface area contributed by atoms with Crippen LogP contribution in [0.5, 0.6) is 0 Å². The lowest BCUT2D eigenvalue weighted by molar-refractivity contribution is -0.109. The number of amides is 1. The van der Waals surface area contributed by atoms with Gasteiger partial charge in [0.05, 0.1) is 6.04 Å². The molecule has 2 aromatic rings. The van der Waals surface area contributed by atoms with E-state index in [1.54, 1.807) is 19.2 Å². The quantitative estimate of drug-likeness (QED) is 0.462. The standard InChI is InChI=1S/C23H27ClFN3O3/c1-26-28(23(30)31)22(10-13-29)17-8-11-27(12-9-17)15-19-3-2-18(14-21(19)24)16-4-6-20(25)7-5-16/h2-7,13-14,17,22,26H,8-12,15H2,1H3,(H,30,31). The van der Waals surface area contributed by atoms with Gasteiger partial charge >= 0.3 is 6.09 Å². The summed E-state index contributed by atoms with van der Waals surface area (Å²) in [5.41, 5.74) is 5.54. The Morgan fingerprint density at radius 2 is 1.90 bits per heavy atom. The Balaban J connectivity index is 1.62. The van der Waals surface area contributed by atoms with Crippen molar-refractivity contribution in [2.75, 3.05) is 20.1 Å². The van der Waals surface area contributed by atoms with Crippen LogP contribution < -0.4 is 5.43 Å². The summed E-state index contributed by atoms with van der Waals surface area (Å²) >= 11 is 6.53. The van der Waals surface area contributed by atoms with Gasteiger partial charge in [0, 0.05) is 25.0 Å². The number of nitrogens with one attached hydrogen (secondary N) is 1. The molecule has 1 saturated heterocycles. The van der Waals surface area contributed by atoms with Gasteiger partial charge in [-0.05, 0) is 66.7 Å². The number of carbonyl (C=O) groups is 2. The highest BCUT2D eigenvalue weighted by molar-refractivity contribution is 6.31. The smallest absolute Gasteiger partial charge is 0.422 e. The highest BCUT2D eigenvalue weighted by Gasteiger charge is 2.32. The van der Waals surface area contributed by atoms with Crippen molar-refractivity contribution in [3.05, 3.63) is 58.9 Å². The van der Waals surface area contributed by atoms with Gasteiger partial charge in [-0.25, -0.2) is 19.6 Å². The molecule has 1 amide bonds. The van der Waals surface area contributed by atoms with Crippen LogP contribution in [-0.4, -0.2) is 53.6 Å². The van der Waals surface area contributed by atoms with Crippen LogP contribution in [0.2, 0.25) is 5.02 Å². The monoisotopic (exact) mass is 447 g/mol. The SMILES string of the molecule is CNN(C(=O)O)C(CC=O)C1CCN(Cc2ccc(-c3ccc(F)cc3)cc2Cl)CC1. The fraction of sp³-hybridized carbons (Fsp3) is 0.391. The molecule has 0 spiro atoms. The molecule has 2 N–H and O–H groups in total. The number of carboxylic acid groups (broad SMARTS) is 1. The normalized spacial score (nSPS) is 16.1. The minimum Gasteiger partial charge on any atom is -0.464 e. The molecule has 2 aromatic carbocycles. The van der Waals surface area contributed by atoms with E-state index in [2.05, 4.69) is 10.3 Å². The van der Waals surface area contributed by atoms with Crippen LogP contribution in [0.15, 0.2) is 42.5 Å². The van der Waals surface area contributed by atoms with Crippen molar-refractivity contribution in [3.63, 3.8) is 0 Å². The van der Waals surface area contributed by atoms with Crippen molar-refractivity contribution in [2.24, 2.45) is 5.92 Å².